The molecule has 20 heteroatoms. The summed E-state index contributed by atoms with van der Waals surface area (Å²) in [5.74, 6) is 0.348. The Kier molecular flexibility index (Phi) is 36.7. The molecule has 18 nitrogen and oxygen atoms in total. The van der Waals surface area contributed by atoms with Crippen LogP contribution in [0.15, 0.2) is 17.1 Å². The van der Waals surface area contributed by atoms with Crippen molar-refractivity contribution >= 4 is 33.4 Å². The zero-order chi connectivity index (χ0) is 53.7. The van der Waals surface area contributed by atoms with Crippen LogP contribution in [0.4, 0.5) is 5.82 Å². The number of aromatic nitrogens is 2. The molecule has 6 N–H and O–H groups in total. The van der Waals surface area contributed by atoms with Gasteiger partial charge in [0.2, 0.25) is 0 Å². The SMILES string of the molecule is CCC(C)CCCCCCCCCCCCC(=O)O[C@H](COC(=O)CCCCCCCCCCCCCCCCCCCCC(C)C)COP(=O)(O)OP(=O)(O)OC[C@H]1O[C@@H](n2ccc(N)nc2=O)C(O)[C@H]1O. The molecule has 1 aromatic rings. The molecule has 1 saturated heterocycles. The van der Waals surface area contributed by atoms with Crippen molar-refractivity contribution in [2.24, 2.45) is 11.8 Å². The number of aliphatic hydroxyl groups is 2. The Hall–Kier alpha value is -2.24. The van der Waals surface area contributed by atoms with Crippen molar-refractivity contribution in [3.05, 3.63) is 22.7 Å². The first-order valence-electron chi connectivity index (χ1n) is 28.3. The van der Waals surface area contributed by atoms with Gasteiger partial charge in [-0.15, -0.1) is 0 Å². The van der Waals surface area contributed by atoms with Crippen LogP contribution in [0.3, 0.4) is 0 Å². The van der Waals surface area contributed by atoms with Gasteiger partial charge in [-0.3, -0.25) is 23.2 Å². The molecule has 1 aliphatic heterocycles. The van der Waals surface area contributed by atoms with E-state index in [4.69, 9.17) is 29.0 Å². The fourth-order valence-electron chi connectivity index (χ4n) is 8.89. The van der Waals surface area contributed by atoms with Crippen molar-refractivity contribution in [3.63, 3.8) is 0 Å². The van der Waals surface area contributed by atoms with E-state index in [1.807, 2.05) is 0 Å². The topological polar surface area (TPSA) is 265 Å². The van der Waals surface area contributed by atoms with Crippen LogP contribution in [0.1, 0.15) is 246 Å². The molecule has 2 rings (SSSR count). The molecule has 426 valence electrons. The number of phosphoric ester groups is 2. The summed E-state index contributed by atoms with van der Waals surface area (Å²) in [5, 5.41) is 20.9. The Morgan fingerprint density at radius 1 is 0.658 bits per heavy atom. The summed E-state index contributed by atoms with van der Waals surface area (Å²) in [5.41, 5.74) is 4.60. The Bertz CT molecular complexity index is 1760. The number of carbonyl (C=O) groups is 2. The summed E-state index contributed by atoms with van der Waals surface area (Å²) >= 11 is 0. The predicted molar refractivity (Wildman–Crippen MR) is 284 cm³/mol. The molecule has 0 amide bonds. The molecule has 1 aromatic heterocycles. The number of nitrogens with zero attached hydrogens (tertiary/aromatic N) is 2. The van der Waals surface area contributed by atoms with Gasteiger partial charge in [-0.25, -0.2) is 13.9 Å². The molecule has 0 bridgehead atoms. The zero-order valence-corrected chi connectivity index (χ0v) is 47.1. The number of rotatable bonds is 47. The first-order chi connectivity index (χ1) is 34.9. The van der Waals surface area contributed by atoms with E-state index < -0.39 is 83.7 Å². The lowest BCUT2D eigenvalue weighted by Crippen LogP contribution is -2.36. The molecule has 2 heterocycles. The van der Waals surface area contributed by atoms with Crippen LogP contribution in [-0.2, 0) is 46.3 Å². The van der Waals surface area contributed by atoms with Gasteiger partial charge in [0.15, 0.2) is 12.3 Å². The summed E-state index contributed by atoms with van der Waals surface area (Å²) in [6, 6.07) is 1.25. The number of hydrogen-bond donors (Lipinski definition) is 5. The highest BCUT2D eigenvalue weighted by atomic mass is 31.3. The molecule has 0 aliphatic carbocycles. The number of hydrogen-bond acceptors (Lipinski definition) is 15. The number of anilines is 1. The van der Waals surface area contributed by atoms with Crippen LogP contribution in [0.2, 0.25) is 0 Å². The number of nitrogen functional groups attached to an aromatic ring is 1. The Labute approximate surface area is 438 Å². The van der Waals surface area contributed by atoms with Crippen LogP contribution in [0, 0.1) is 11.8 Å². The lowest BCUT2D eigenvalue weighted by atomic mass is 9.99. The van der Waals surface area contributed by atoms with E-state index in [9.17, 15) is 43.5 Å². The molecule has 0 spiro atoms. The van der Waals surface area contributed by atoms with Crippen molar-refractivity contribution < 1.29 is 66.3 Å². The van der Waals surface area contributed by atoms with Crippen molar-refractivity contribution in [2.45, 2.75) is 270 Å². The molecule has 0 aromatic carbocycles. The van der Waals surface area contributed by atoms with Gasteiger partial charge in [0.05, 0.1) is 13.2 Å². The lowest BCUT2D eigenvalue weighted by molar-refractivity contribution is -0.161. The number of ether oxygens (including phenoxy) is 3. The summed E-state index contributed by atoms with van der Waals surface area (Å²) in [4.78, 5) is 62.1. The minimum absolute atomic E-state index is 0.0563. The monoisotopic (exact) mass is 1080 g/mol. The molecule has 8 atom stereocenters. The van der Waals surface area contributed by atoms with E-state index in [2.05, 4.69) is 37.0 Å². The van der Waals surface area contributed by atoms with Gasteiger partial charge in [0.25, 0.3) is 0 Å². The predicted octanol–water partition coefficient (Wildman–Crippen LogP) is 12.3. The number of carbonyl (C=O) groups excluding carboxylic acids is 2. The molecule has 1 fully saturated rings. The van der Waals surface area contributed by atoms with Crippen LogP contribution >= 0.6 is 15.6 Å². The largest absolute Gasteiger partial charge is 0.481 e. The van der Waals surface area contributed by atoms with Gasteiger partial charge in [-0.05, 0) is 30.7 Å². The van der Waals surface area contributed by atoms with Crippen LogP contribution in [-0.4, -0.2) is 85.7 Å². The molecule has 0 radical (unpaired) electrons. The second-order valence-corrected chi connectivity index (χ2v) is 23.9. The van der Waals surface area contributed by atoms with Crippen molar-refractivity contribution in [2.75, 3.05) is 25.6 Å². The Morgan fingerprint density at radius 2 is 1.10 bits per heavy atom. The second kappa shape index (κ2) is 40.0. The summed E-state index contributed by atoms with van der Waals surface area (Å²) in [6.45, 7) is 6.87. The average Bonchev–Trinajstić information content (AvgIpc) is 3.62. The highest BCUT2D eigenvalue weighted by molar-refractivity contribution is 7.61. The van der Waals surface area contributed by atoms with Crippen LogP contribution in [0.5, 0.6) is 0 Å². The maximum Gasteiger partial charge on any atom is 0.481 e. The minimum Gasteiger partial charge on any atom is -0.462 e. The van der Waals surface area contributed by atoms with Gasteiger partial charge >= 0.3 is 33.3 Å². The first kappa shape index (κ1) is 66.9. The average molecular weight is 1080 g/mol. The third kappa shape index (κ3) is 33.5. The quantitative estimate of drug-likeness (QED) is 0.0231. The zero-order valence-electron chi connectivity index (χ0n) is 45.3. The smallest absolute Gasteiger partial charge is 0.462 e. The Balaban J connectivity index is 1.73. The van der Waals surface area contributed by atoms with E-state index in [1.165, 1.54) is 154 Å². The van der Waals surface area contributed by atoms with E-state index >= 15 is 0 Å². The maximum atomic E-state index is 12.9. The molecule has 73 heavy (non-hydrogen) atoms. The number of esters is 2. The Morgan fingerprint density at radius 3 is 1.56 bits per heavy atom. The first-order valence-corrected chi connectivity index (χ1v) is 31.3. The van der Waals surface area contributed by atoms with E-state index in [0.29, 0.717) is 12.8 Å². The minimum atomic E-state index is -5.42. The lowest BCUT2D eigenvalue weighted by Gasteiger charge is -2.21. The van der Waals surface area contributed by atoms with Gasteiger partial charge in [-0.1, -0.05) is 214 Å². The molecule has 1 aliphatic rings. The highest BCUT2D eigenvalue weighted by Crippen LogP contribution is 2.60. The summed E-state index contributed by atoms with van der Waals surface area (Å²) in [6.07, 6.45) is 30.4. The number of aliphatic hydroxyl groups excluding tert-OH is 2. The normalized spacial score (nSPS) is 19.4. The van der Waals surface area contributed by atoms with Gasteiger partial charge in [0.1, 0.15) is 30.7 Å². The van der Waals surface area contributed by atoms with Crippen LogP contribution < -0.4 is 11.4 Å². The fourth-order valence-corrected chi connectivity index (χ4v) is 11.0. The molecule has 4 unspecified atom stereocenters. The van der Waals surface area contributed by atoms with E-state index in [1.54, 1.807) is 0 Å². The maximum absolute atomic E-state index is 12.9. The highest BCUT2D eigenvalue weighted by Gasteiger charge is 2.46. The third-order valence-electron chi connectivity index (χ3n) is 13.7. The summed E-state index contributed by atoms with van der Waals surface area (Å²) < 4.78 is 57.0. The second-order valence-electron chi connectivity index (χ2n) is 20.9. The molecular weight excluding hydrogens is 981 g/mol. The third-order valence-corrected chi connectivity index (χ3v) is 16.3. The van der Waals surface area contributed by atoms with Gasteiger partial charge in [-0.2, -0.15) is 9.29 Å². The van der Waals surface area contributed by atoms with Crippen molar-refractivity contribution in [3.8, 4) is 0 Å². The number of phosphoric acid groups is 2. The van der Waals surface area contributed by atoms with E-state index in [-0.39, 0.29) is 18.7 Å². The summed E-state index contributed by atoms with van der Waals surface area (Å²) in [7, 11) is -10.8. The number of nitrogens with two attached hydrogens (primary N) is 1. The standard InChI is InChI=1S/C53H99N3O15P2/c1-5-44(4)35-31-27-23-19-16-17-21-25-29-33-37-49(58)69-45(40-66-48(57)36-32-28-24-20-15-13-11-9-7-6-8-10-12-14-18-22-26-30-34-43(2)3)41-67-72(62,63)71-73(64,65)68-42-46-50(59)51(60)52(70-46)56-39-38-47(54)55-53(56)61/h38-39,43-46,50-52,59-60H,5-37,40-42H2,1-4H3,(H,62,63)(H,64,65)(H2,54,55,61)/t44?,45-,46-,50+,51?,52-/m1/s1. The van der Waals surface area contributed by atoms with Gasteiger partial charge in [0, 0.05) is 19.0 Å². The van der Waals surface area contributed by atoms with Crippen molar-refractivity contribution in [1.29, 1.82) is 0 Å². The molecular formula is C53H99N3O15P2. The fraction of sp³-hybridized carbons (Fsp3) is 0.887. The van der Waals surface area contributed by atoms with Crippen molar-refractivity contribution in [1.82, 2.24) is 9.55 Å². The molecule has 0 saturated carbocycles. The van der Waals surface area contributed by atoms with Gasteiger partial charge < -0.3 is 39.9 Å². The number of unbranched alkanes of at least 4 members (excludes halogenated alkanes) is 26. The van der Waals surface area contributed by atoms with E-state index in [0.717, 1.165) is 61.3 Å². The van der Waals surface area contributed by atoms with Crippen LogP contribution in [0.25, 0.3) is 0 Å².